The van der Waals surface area contributed by atoms with Crippen molar-refractivity contribution >= 4 is 18.9 Å². The van der Waals surface area contributed by atoms with Gasteiger partial charge in [-0.2, -0.15) is 15.5 Å². The van der Waals surface area contributed by atoms with Crippen LogP contribution in [0.1, 0.15) is 47.8 Å². The Morgan fingerprint density at radius 2 is 2.03 bits per heavy atom. The van der Waals surface area contributed by atoms with Crippen LogP contribution in [-0.2, 0) is 10.2 Å². The maximum atomic E-state index is 15.4. The summed E-state index contributed by atoms with van der Waals surface area (Å²) in [5.74, 6) is -0.529. The van der Waals surface area contributed by atoms with Gasteiger partial charge in [-0.1, -0.05) is 32.9 Å². The van der Waals surface area contributed by atoms with Crippen LogP contribution in [0.15, 0.2) is 47.8 Å². The van der Waals surface area contributed by atoms with Gasteiger partial charge in [0.1, 0.15) is 11.9 Å². The highest BCUT2D eigenvalue weighted by Gasteiger charge is 2.22. The van der Waals surface area contributed by atoms with E-state index in [9.17, 15) is 9.59 Å². The van der Waals surface area contributed by atoms with E-state index < -0.39 is 5.82 Å². The van der Waals surface area contributed by atoms with Crippen LogP contribution in [0.25, 0.3) is 16.8 Å². The molecule has 0 spiro atoms. The zero-order chi connectivity index (χ0) is 22.6. The van der Waals surface area contributed by atoms with Crippen molar-refractivity contribution in [2.24, 2.45) is 5.10 Å². The van der Waals surface area contributed by atoms with Crippen molar-refractivity contribution in [3.05, 3.63) is 70.8 Å². The highest BCUT2D eigenvalue weighted by molar-refractivity contribution is 5.98. The van der Waals surface area contributed by atoms with Gasteiger partial charge in [0.2, 0.25) is 6.41 Å². The summed E-state index contributed by atoms with van der Waals surface area (Å²) in [6.07, 6.45) is 5.23. The first-order valence-electron chi connectivity index (χ1n) is 9.40. The Morgan fingerprint density at radius 3 is 2.65 bits per heavy atom. The number of nitriles is 1. The first-order valence-corrected chi connectivity index (χ1v) is 9.40. The van der Waals surface area contributed by atoms with Crippen molar-refractivity contribution in [2.45, 2.75) is 26.2 Å². The van der Waals surface area contributed by atoms with Crippen LogP contribution < -0.4 is 5.43 Å². The molecule has 0 aliphatic rings. The summed E-state index contributed by atoms with van der Waals surface area (Å²) < 4.78 is 16.8. The van der Waals surface area contributed by atoms with E-state index in [1.54, 1.807) is 24.3 Å². The standard InChI is InChI=1S/C23H20FN5O2/c1-23(2,3)17-7-16(11-26-27-14-31)22(20(24)8-17)18-5-4-6-21(19(18)13-30)29-12-15(9-25)10-28-29/h4-8,10-14H,1-3H3,(H,27,31)/b26-11-. The van der Waals surface area contributed by atoms with Crippen LogP contribution in [-0.4, -0.2) is 28.7 Å². The molecule has 2 aromatic carbocycles. The molecule has 0 atom stereocenters. The van der Waals surface area contributed by atoms with Gasteiger partial charge in [0.25, 0.3) is 0 Å². The minimum Gasteiger partial charge on any atom is -0.298 e. The van der Waals surface area contributed by atoms with Crippen LogP contribution in [0.5, 0.6) is 0 Å². The normalized spacial score (nSPS) is 11.3. The summed E-state index contributed by atoms with van der Waals surface area (Å²) in [5.41, 5.74) is 4.42. The molecular weight excluding hydrogens is 397 g/mol. The first-order chi connectivity index (χ1) is 14.8. The van der Waals surface area contributed by atoms with Gasteiger partial charge >= 0.3 is 0 Å². The first kappa shape index (κ1) is 21.6. The van der Waals surface area contributed by atoms with E-state index in [1.165, 1.54) is 29.4 Å². The highest BCUT2D eigenvalue weighted by Crippen LogP contribution is 2.35. The molecule has 0 fully saturated rings. The van der Waals surface area contributed by atoms with Gasteiger partial charge in [0, 0.05) is 22.9 Å². The average Bonchev–Trinajstić information content (AvgIpc) is 3.21. The van der Waals surface area contributed by atoms with E-state index in [0.717, 1.165) is 5.56 Å². The number of hydrogen-bond acceptors (Lipinski definition) is 5. The topological polar surface area (TPSA) is 100 Å². The summed E-state index contributed by atoms with van der Waals surface area (Å²) >= 11 is 0. The lowest BCUT2D eigenvalue weighted by Crippen LogP contribution is -2.13. The van der Waals surface area contributed by atoms with E-state index in [2.05, 4.69) is 15.6 Å². The van der Waals surface area contributed by atoms with Crippen molar-refractivity contribution in [2.75, 3.05) is 0 Å². The lowest BCUT2D eigenvalue weighted by atomic mass is 9.83. The van der Waals surface area contributed by atoms with Crippen LogP contribution in [0.3, 0.4) is 0 Å². The molecule has 1 aromatic heterocycles. The fraction of sp³-hybridized carbons (Fsp3) is 0.174. The van der Waals surface area contributed by atoms with Gasteiger partial charge in [-0.05, 0) is 34.7 Å². The number of carbonyl (C=O) groups excluding carboxylic acids is 2. The summed E-state index contributed by atoms with van der Waals surface area (Å²) in [7, 11) is 0. The molecule has 0 radical (unpaired) electrons. The molecule has 1 amide bonds. The van der Waals surface area contributed by atoms with Gasteiger partial charge in [-0.15, -0.1) is 0 Å². The van der Waals surface area contributed by atoms with E-state index in [0.29, 0.717) is 35.1 Å². The number of hydrogen-bond donors (Lipinski definition) is 1. The minimum absolute atomic E-state index is 0.168. The third-order valence-corrected chi connectivity index (χ3v) is 4.75. The molecule has 0 saturated heterocycles. The van der Waals surface area contributed by atoms with Crippen molar-refractivity contribution < 1.29 is 14.0 Å². The van der Waals surface area contributed by atoms with Crippen LogP contribution in [0.4, 0.5) is 4.39 Å². The van der Waals surface area contributed by atoms with E-state index in [1.807, 2.05) is 26.8 Å². The number of amides is 1. The Kier molecular flexibility index (Phi) is 6.07. The predicted molar refractivity (Wildman–Crippen MR) is 115 cm³/mol. The predicted octanol–water partition coefficient (Wildman–Crippen LogP) is 3.74. The number of hydrazone groups is 1. The van der Waals surface area contributed by atoms with Crippen molar-refractivity contribution in [1.82, 2.24) is 15.2 Å². The van der Waals surface area contributed by atoms with Crippen LogP contribution >= 0.6 is 0 Å². The third kappa shape index (κ3) is 4.41. The quantitative estimate of drug-likeness (QED) is 0.375. The number of nitrogens with zero attached hydrogens (tertiary/aromatic N) is 4. The lowest BCUT2D eigenvalue weighted by molar-refractivity contribution is -0.109. The van der Waals surface area contributed by atoms with Crippen LogP contribution in [0, 0.1) is 17.1 Å². The van der Waals surface area contributed by atoms with Gasteiger partial charge in [0.15, 0.2) is 6.29 Å². The molecule has 1 N–H and O–H groups in total. The monoisotopic (exact) mass is 417 g/mol. The van der Waals surface area contributed by atoms with Crippen LogP contribution in [0.2, 0.25) is 0 Å². The number of benzene rings is 2. The Bertz CT molecular complexity index is 1220. The van der Waals surface area contributed by atoms with Gasteiger partial charge in [-0.3, -0.25) is 9.59 Å². The number of halogens is 1. The summed E-state index contributed by atoms with van der Waals surface area (Å²) in [6, 6.07) is 10.1. The molecule has 0 bridgehead atoms. The number of aromatic nitrogens is 2. The van der Waals surface area contributed by atoms with E-state index in [4.69, 9.17) is 5.26 Å². The molecule has 3 aromatic rings. The van der Waals surface area contributed by atoms with E-state index in [-0.39, 0.29) is 16.5 Å². The number of carbonyl (C=O) groups is 2. The smallest absolute Gasteiger partial charge is 0.227 e. The summed E-state index contributed by atoms with van der Waals surface area (Å²) in [4.78, 5) is 22.7. The molecular formula is C23H20FN5O2. The summed E-state index contributed by atoms with van der Waals surface area (Å²) in [5, 5.41) is 17.0. The average molecular weight is 417 g/mol. The molecule has 7 nitrogen and oxygen atoms in total. The molecule has 3 rings (SSSR count). The summed E-state index contributed by atoms with van der Waals surface area (Å²) in [6.45, 7) is 5.86. The fourth-order valence-electron chi connectivity index (χ4n) is 3.19. The second kappa shape index (κ2) is 8.71. The Labute approximate surface area is 178 Å². The van der Waals surface area contributed by atoms with Gasteiger partial charge < -0.3 is 0 Å². The van der Waals surface area contributed by atoms with Gasteiger partial charge in [0.05, 0.1) is 23.7 Å². The van der Waals surface area contributed by atoms with Gasteiger partial charge in [-0.25, -0.2) is 14.5 Å². The molecule has 0 aliphatic carbocycles. The fourth-order valence-corrected chi connectivity index (χ4v) is 3.19. The van der Waals surface area contributed by atoms with Crippen molar-refractivity contribution in [3.8, 4) is 22.9 Å². The Hall–Kier alpha value is -4.12. The van der Waals surface area contributed by atoms with Crippen molar-refractivity contribution in [3.63, 3.8) is 0 Å². The zero-order valence-electron chi connectivity index (χ0n) is 17.3. The molecule has 0 aliphatic heterocycles. The molecule has 8 heteroatoms. The number of nitrogens with one attached hydrogen (secondary N) is 1. The molecule has 0 saturated carbocycles. The van der Waals surface area contributed by atoms with E-state index >= 15 is 4.39 Å². The molecule has 0 unspecified atom stereocenters. The third-order valence-electron chi connectivity index (χ3n) is 4.75. The maximum absolute atomic E-state index is 15.4. The maximum Gasteiger partial charge on any atom is 0.227 e. The molecule has 1 heterocycles. The second-order valence-corrected chi connectivity index (χ2v) is 7.82. The Balaban J connectivity index is 2.29. The Morgan fingerprint density at radius 1 is 1.26 bits per heavy atom. The largest absolute Gasteiger partial charge is 0.298 e. The zero-order valence-corrected chi connectivity index (χ0v) is 17.3. The SMILES string of the molecule is CC(C)(C)c1cc(F)c(-c2cccc(-n3cc(C#N)cn3)c2C=O)c(/C=N\NC=O)c1. The van der Waals surface area contributed by atoms with Crippen molar-refractivity contribution in [1.29, 1.82) is 5.26 Å². The lowest BCUT2D eigenvalue weighted by Gasteiger charge is -2.22. The molecule has 31 heavy (non-hydrogen) atoms. The molecule has 156 valence electrons. The minimum atomic E-state index is -0.529. The second-order valence-electron chi connectivity index (χ2n) is 7.82. The number of aldehydes is 1. The number of rotatable bonds is 6. The highest BCUT2D eigenvalue weighted by atomic mass is 19.1.